The van der Waals surface area contributed by atoms with Crippen molar-refractivity contribution in [2.75, 3.05) is 0 Å². The standard InChI is InChI=1S/C10H6ClN3O2S/c11-8-3-1-7(2-4-8)5-12-10-13-6-9(17-10)14(15)16/h1-6H/b12-5-. The van der Waals surface area contributed by atoms with E-state index in [2.05, 4.69) is 9.98 Å². The van der Waals surface area contributed by atoms with E-state index in [1.54, 1.807) is 30.5 Å². The molecule has 0 atom stereocenters. The van der Waals surface area contributed by atoms with Gasteiger partial charge in [0.2, 0.25) is 5.13 Å². The van der Waals surface area contributed by atoms with E-state index in [0.717, 1.165) is 16.9 Å². The van der Waals surface area contributed by atoms with Gasteiger partial charge in [-0.1, -0.05) is 23.7 Å². The van der Waals surface area contributed by atoms with Gasteiger partial charge in [-0.15, -0.1) is 0 Å². The van der Waals surface area contributed by atoms with Crippen LogP contribution in [0.15, 0.2) is 35.5 Å². The van der Waals surface area contributed by atoms with Gasteiger partial charge in [-0.3, -0.25) is 10.1 Å². The maximum Gasteiger partial charge on any atom is 0.345 e. The Kier molecular flexibility index (Phi) is 3.46. The molecule has 2 rings (SSSR count). The topological polar surface area (TPSA) is 68.4 Å². The molecule has 2 aromatic rings. The molecule has 0 radical (unpaired) electrons. The fourth-order valence-corrected chi connectivity index (χ4v) is 1.78. The number of hydrogen-bond acceptors (Lipinski definition) is 5. The molecule has 0 unspecified atom stereocenters. The molecule has 5 nitrogen and oxygen atoms in total. The van der Waals surface area contributed by atoms with Crippen molar-refractivity contribution in [3.8, 4) is 0 Å². The zero-order valence-electron chi connectivity index (χ0n) is 8.41. The van der Waals surface area contributed by atoms with Gasteiger partial charge in [0, 0.05) is 11.2 Å². The first-order chi connectivity index (χ1) is 8.15. The van der Waals surface area contributed by atoms with Gasteiger partial charge in [-0.2, -0.15) is 0 Å². The number of thiazole rings is 1. The van der Waals surface area contributed by atoms with Crippen LogP contribution in [0.2, 0.25) is 5.02 Å². The summed E-state index contributed by atoms with van der Waals surface area (Å²) in [7, 11) is 0. The van der Waals surface area contributed by atoms with Crippen molar-refractivity contribution in [2.24, 2.45) is 4.99 Å². The fourth-order valence-electron chi connectivity index (χ4n) is 1.08. The lowest BCUT2D eigenvalue weighted by Crippen LogP contribution is -1.80. The number of hydrogen-bond donors (Lipinski definition) is 0. The maximum atomic E-state index is 10.4. The van der Waals surface area contributed by atoms with Gasteiger partial charge in [-0.25, -0.2) is 9.98 Å². The number of rotatable bonds is 3. The highest BCUT2D eigenvalue weighted by Crippen LogP contribution is 2.27. The average molecular weight is 268 g/mol. The van der Waals surface area contributed by atoms with E-state index < -0.39 is 4.92 Å². The molecule has 1 heterocycles. The molecule has 0 spiro atoms. The summed E-state index contributed by atoms with van der Waals surface area (Å²) in [6.07, 6.45) is 2.78. The van der Waals surface area contributed by atoms with Gasteiger partial charge in [0.1, 0.15) is 6.20 Å². The van der Waals surface area contributed by atoms with Crippen molar-refractivity contribution in [1.82, 2.24) is 4.98 Å². The largest absolute Gasteiger partial charge is 0.345 e. The fraction of sp³-hybridized carbons (Fsp3) is 0. The van der Waals surface area contributed by atoms with Crippen LogP contribution in [0.1, 0.15) is 5.56 Å². The predicted molar refractivity (Wildman–Crippen MR) is 67.5 cm³/mol. The Morgan fingerprint density at radius 2 is 2.12 bits per heavy atom. The van der Waals surface area contributed by atoms with Crippen LogP contribution in [0.5, 0.6) is 0 Å². The Balaban J connectivity index is 2.14. The number of aliphatic imine (C=N–C) groups is 1. The van der Waals surface area contributed by atoms with E-state index in [1.807, 2.05) is 0 Å². The van der Waals surface area contributed by atoms with E-state index in [4.69, 9.17) is 11.6 Å². The van der Waals surface area contributed by atoms with Crippen LogP contribution >= 0.6 is 22.9 Å². The zero-order chi connectivity index (χ0) is 12.3. The lowest BCUT2D eigenvalue weighted by atomic mass is 10.2. The van der Waals surface area contributed by atoms with E-state index >= 15 is 0 Å². The molecule has 86 valence electrons. The lowest BCUT2D eigenvalue weighted by molar-refractivity contribution is -0.380. The van der Waals surface area contributed by atoms with E-state index in [9.17, 15) is 10.1 Å². The van der Waals surface area contributed by atoms with E-state index in [-0.39, 0.29) is 5.00 Å². The molecular weight excluding hydrogens is 262 g/mol. The van der Waals surface area contributed by atoms with Crippen LogP contribution in [-0.4, -0.2) is 16.1 Å². The molecule has 0 N–H and O–H groups in total. The number of benzene rings is 1. The van der Waals surface area contributed by atoms with Crippen molar-refractivity contribution >= 4 is 39.3 Å². The molecule has 0 bridgehead atoms. The Morgan fingerprint density at radius 3 is 2.71 bits per heavy atom. The van der Waals surface area contributed by atoms with Crippen molar-refractivity contribution < 1.29 is 4.92 Å². The SMILES string of the molecule is O=[N+]([O-])c1cnc(/N=C\c2ccc(Cl)cc2)s1. The smallest absolute Gasteiger partial charge is 0.257 e. The summed E-state index contributed by atoms with van der Waals surface area (Å²) in [5.74, 6) is 0. The molecule has 0 fully saturated rings. The number of aromatic nitrogens is 1. The molecule has 1 aromatic carbocycles. The first-order valence-electron chi connectivity index (χ1n) is 4.55. The van der Waals surface area contributed by atoms with E-state index in [1.165, 1.54) is 6.20 Å². The second-order valence-electron chi connectivity index (χ2n) is 3.05. The summed E-state index contributed by atoms with van der Waals surface area (Å²) in [4.78, 5) is 17.8. The van der Waals surface area contributed by atoms with Gasteiger partial charge in [0.15, 0.2) is 0 Å². The zero-order valence-corrected chi connectivity index (χ0v) is 9.98. The van der Waals surface area contributed by atoms with Crippen molar-refractivity contribution in [3.05, 3.63) is 51.2 Å². The first kappa shape index (κ1) is 11.7. The molecule has 0 aliphatic carbocycles. The summed E-state index contributed by atoms with van der Waals surface area (Å²) >= 11 is 6.67. The third-order valence-electron chi connectivity index (χ3n) is 1.86. The van der Waals surface area contributed by atoms with Crippen LogP contribution < -0.4 is 0 Å². The van der Waals surface area contributed by atoms with Crippen molar-refractivity contribution in [3.63, 3.8) is 0 Å². The second kappa shape index (κ2) is 5.03. The minimum Gasteiger partial charge on any atom is -0.257 e. The number of nitrogens with zero attached hydrogens (tertiary/aromatic N) is 3. The Hall–Kier alpha value is -1.79. The molecule has 0 amide bonds. The highest BCUT2D eigenvalue weighted by Gasteiger charge is 2.09. The van der Waals surface area contributed by atoms with Crippen LogP contribution in [0.25, 0.3) is 0 Å². The average Bonchev–Trinajstić information content (AvgIpc) is 2.77. The van der Waals surface area contributed by atoms with Crippen LogP contribution in [0, 0.1) is 10.1 Å². The molecule has 0 saturated heterocycles. The van der Waals surface area contributed by atoms with Crippen molar-refractivity contribution in [2.45, 2.75) is 0 Å². The number of halogens is 1. The lowest BCUT2D eigenvalue weighted by Gasteiger charge is -1.91. The molecule has 0 saturated carbocycles. The van der Waals surface area contributed by atoms with Gasteiger partial charge < -0.3 is 0 Å². The Morgan fingerprint density at radius 1 is 1.41 bits per heavy atom. The Bertz CT molecular complexity index is 565. The molecule has 1 aromatic heterocycles. The minimum atomic E-state index is -0.487. The van der Waals surface area contributed by atoms with Gasteiger partial charge >= 0.3 is 5.00 Å². The Labute approximate surface area is 106 Å². The maximum absolute atomic E-state index is 10.4. The first-order valence-corrected chi connectivity index (χ1v) is 5.74. The van der Waals surface area contributed by atoms with Gasteiger partial charge in [-0.05, 0) is 29.0 Å². The van der Waals surface area contributed by atoms with Gasteiger partial charge in [0.05, 0.1) is 4.92 Å². The molecule has 7 heteroatoms. The third kappa shape index (κ3) is 3.08. The predicted octanol–water partition coefficient (Wildman–Crippen LogP) is 3.46. The normalized spacial score (nSPS) is 10.9. The third-order valence-corrected chi connectivity index (χ3v) is 2.96. The van der Waals surface area contributed by atoms with Crippen molar-refractivity contribution in [1.29, 1.82) is 0 Å². The van der Waals surface area contributed by atoms with Gasteiger partial charge in [0.25, 0.3) is 0 Å². The molecule has 17 heavy (non-hydrogen) atoms. The molecule has 0 aliphatic heterocycles. The van der Waals surface area contributed by atoms with E-state index in [0.29, 0.717) is 10.2 Å². The quantitative estimate of drug-likeness (QED) is 0.486. The van der Waals surface area contributed by atoms with Crippen LogP contribution in [0.4, 0.5) is 10.1 Å². The molecule has 0 aliphatic rings. The van der Waals surface area contributed by atoms with Crippen LogP contribution in [0.3, 0.4) is 0 Å². The monoisotopic (exact) mass is 267 g/mol. The summed E-state index contributed by atoms with van der Waals surface area (Å²) in [6, 6.07) is 7.09. The summed E-state index contributed by atoms with van der Waals surface area (Å²) in [6.45, 7) is 0. The molecular formula is C10H6ClN3O2S. The highest BCUT2D eigenvalue weighted by molar-refractivity contribution is 7.18. The summed E-state index contributed by atoms with van der Waals surface area (Å²) in [5.41, 5.74) is 0.854. The number of nitro groups is 1. The minimum absolute atomic E-state index is 0.0201. The highest BCUT2D eigenvalue weighted by atomic mass is 35.5. The summed E-state index contributed by atoms with van der Waals surface area (Å²) in [5, 5.41) is 11.4. The van der Waals surface area contributed by atoms with Crippen LogP contribution in [-0.2, 0) is 0 Å². The summed E-state index contributed by atoms with van der Waals surface area (Å²) < 4.78 is 0. The second-order valence-corrected chi connectivity index (χ2v) is 4.47.